The van der Waals surface area contributed by atoms with E-state index in [0.29, 0.717) is 6.61 Å². The maximum atomic E-state index is 9.39. The molecule has 0 saturated carbocycles. The van der Waals surface area contributed by atoms with Gasteiger partial charge in [0, 0.05) is 6.61 Å². The Morgan fingerprint density at radius 3 is 2.20 bits per heavy atom. The van der Waals surface area contributed by atoms with E-state index in [-0.39, 0.29) is 11.7 Å². The maximum absolute atomic E-state index is 9.39. The lowest BCUT2D eigenvalue weighted by atomic mass is 10.00. The molecule has 2 nitrogen and oxygen atoms in total. The van der Waals surface area contributed by atoms with E-state index in [1.807, 2.05) is 27.7 Å². The van der Waals surface area contributed by atoms with Crippen molar-refractivity contribution in [1.29, 1.82) is 0 Å². The van der Waals surface area contributed by atoms with Gasteiger partial charge in [0.1, 0.15) is 0 Å². The highest BCUT2D eigenvalue weighted by Crippen LogP contribution is 2.16. The van der Waals surface area contributed by atoms with Gasteiger partial charge in [-0.25, -0.2) is 0 Å². The van der Waals surface area contributed by atoms with Gasteiger partial charge in [0.15, 0.2) is 0 Å². The summed E-state index contributed by atoms with van der Waals surface area (Å²) in [6.45, 7) is 8.36. The Morgan fingerprint density at radius 1 is 1.40 bits per heavy atom. The highest BCUT2D eigenvalue weighted by atomic mass is 16.5. The number of rotatable bonds is 4. The molecule has 0 spiro atoms. The first-order chi connectivity index (χ1) is 4.54. The third-order valence-electron chi connectivity index (χ3n) is 1.71. The molecular weight excluding hydrogens is 128 g/mol. The zero-order valence-electron chi connectivity index (χ0n) is 7.35. The first-order valence-corrected chi connectivity index (χ1v) is 3.86. The molecule has 1 N–H and O–H groups in total. The van der Waals surface area contributed by atoms with Crippen LogP contribution in [0.3, 0.4) is 0 Å². The van der Waals surface area contributed by atoms with E-state index in [0.717, 1.165) is 6.42 Å². The Morgan fingerprint density at radius 2 is 1.90 bits per heavy atom. The van der Waals surface area contributed by atoms with E-state index < -0.39 is 0 Å². The first-order valence-electron chi connectivity index (χ1n) is 3.86. The van der Waals surface area contributed by atoms with Crippen molar-refractivity contribution >= 4 is 0 Å². The van der Waals surface area contributed by atoms with Gasteiger partial charge in [0.2, 0.25) is 0 Å². The Bertz CT molecular complexity index is 89.3. The molecule has 0 bridgehead atoms. The van der Waals surface area contributed by atoms with Crippen LogP contribution >= 0.6 is 0 Å². The molecule has 0 radical (unpaired) electrons. The average molecular weight is 146 g/mol. The second-order valence-corrected chi connectivity index (χ2v) is 2.96. The SMILES string of the molecule is CCOC(C)(C)C(O)CC. The van der Waals surface area contributed by atoms with Gasteiger partial charge < -0.3 is 9.84 Å². The van der Waals surface area contributed by atoms with Gasteiger partial charge in [0.05, 0.1) is 11.7 Å². The van der Waals surface area contributed by atoms with E-state index >= 15 is 0 Å². The fourth-order valence-corrected chi connectivity index (χ4v) is 0.960. The number of aliphatic hydroxyl groups excluding tert-OH is 1. The molecular formula is C8H18O2. The van der Waals surface area contributed by atoms with Gasteiger partial charge in [-0.05, 0) is 27.2 Å². The van der Waals surface area contributed by atoms with Gasteiger partial charge in [-0.3, -0.25) is 0 Å². The predicted molar refractivity (Wildman–Crippen MR) is 42.0 cm³/mol. The molecule has 1 unspecified atom stereocenters. The van der Waals surface area contributed by atoms with Crippen LogP contribution in [0.25, 0.3) is 0 Å². The summed E-state index contributed by atoms with van der Waals surface area (Å²) >= 11 is 0. The Kier molecular flexibility index (Phi) is 3.91. The molecule has 62 valence electrons. The summed E-state index contributed by atoms with van der Waals surface area (Å²) < 4.78 is 5.33. The van der Waals surface area contributed by atoms with Crippen LogP contribution in [0.4, 0.5) is 0 Å². The van der Waals surface area contributed by atoms with Crippen molar-refractivity contribution in [3.8, 4) is 0 Å². The van der Waals surface area contributed by atoms with E-state index in [2.05, 4.69) is 0 Å². The molecule has 0 amide bonds. The van der Waals surface area contributed by atoms with Gasteiger partial charge in [-0.15, -0.1) is 0 Å². The molecule has 0 fully saturated rings. The Hall–Kier alpha value is -0.0800. The van der Waals surface area contributed by atoms with Crippen LogP contribution in [0.1, 0.15) is 34.1 Å². The standard InChI is InChI=1S/C8H18O2/c1-5-7(9)8(3,4)10-6-2/h7,9H,5-6H2,1-4H3. The van der Waals surface area contributed by atoms with E-state index in [4.69, 9.17) is 4.74 Å². The minimum atomic E-state index is -0.385. The number of aliphatic hydroxyl groups is 1. The smallest absolute Gasteiger partial charge is 0.0883 e. The third-order valence-corrected chi connectivity index (χ3v) is 1.71. The minimum Gasteiger partial charge on any atom is -0.390 e. The van der Waals surface area contributed by atoms with Crippen LogP contribution in [0.15, 0.2) is 0 Å². The number of hydrogen-bond donors (Lipinski definition) is 1. The fraction of sp³-hybridized carbons (Fsp3) is 1.00. The second-order valence-electron chi connectivity index (χ2n) is 2.96. The monoisotopic (exact) mass is 146 g/mol. The van der Waals surface area contributed by atoms with Crippen LogP contribution in [-0.2, 0) is 4.74 Å². The van der Waals surface area contributed by atoms with Gasteiger partial charge in [-0.1, -0.05) is 6.92 Å². The zero-order chi connectivity index (χ0) is 8.20. The Balaban J connectivity index is 3.82. The summed E-state index contributed by atoms with van der Waals surface area (Å²) in [4.78, 5) is 0. The molecule has 0 aromatic carbocycles. The largest absolute Gasteiger partial charge is 0.390 e. The van der Waals surface area contributed by atoms with E-state index in [1.165, 1.54) is 0 Å². The quantitative estimate of drug-likeness (QED) is 0.652. The van der Waals surface area contributed by atoms with Crippen LogP contribution in [0.5, 0.6) is 0 Å². The number of ether oxygens (including phenoxy) is 1. The van der Waals surface area contributed by atoms with Gasteiger partial charge in [0.25, 0.3) is 0 Å². The molecule has 0 rings (SSSR count). The summed E-state index contributed by atoms with van der Waals surface area (Å²) in [5, 5.41) is 9.39. The molecule has 0 aromatic rings. The maximum Gasteiger partial charge on any atom is 0.0883 e. The Labute approximate surface area is 63.2 Å². The lowest BCUT2D eigenvalue weighted by Crippen LogP contribution is -2.38. The fourth-order valence-electron chi connectivity index (χ4n) is 0.960. The minimum absolute atomic E-state index is 0.354. The molecule has 0 heterocycles. The summed E-state index contributed by atoms with van der Waals surface area (Å²) in [7, 11) is 0. The van der Waals surface area contributed by atoms with Crippen LogP contribution in [0.2, 0.25) is 0 Å². The highest BCUT2D eigenvalue weighted by molar-refractivity contribution is 4.77. The molecule has 0 aliphatic heterocycles. The molecule has 10 heavy (non-hydrogen) atoms. The molecule has 0 aliphatic carbocycles. The summed E-state index contributed by atoms with van der Waals surface area (Å²) in [5.74, 6) is 0. The lowest BCUT2D eigenvalue weighted by molar-refractivity contribution is -0.0969. The highest BCUT2D eigenvalue weighted by Gasteiger charge is 2.26. The first kappa shape index (κ1) is 9.92. The van der Waals surface area contributed by atoms with Crippen molar-refractivity contribution in [2.75, 3.05) is 6.61 Å². The van der Waals surface area contributed by atoms with Crippen molar-refractivity contribution in [2.24, 2.45) is 0 Å². The number of hydrogen-bond acceptors (Lipinski definition) is 2. The third kappa shape index (κ3) is 2.67. The van der Waals surface area contributed by atoms with Crippen LogP contribution in [-0.4, -0.2) is 23.4 Å². The van der Waals surface area contributed by atoms with Crippen molar-refractivity contribution in [3.63, 3.8) is 0 Å². The summed E-state index contributed by atoms with van der Waals surface area (Å²) in [6.07, 6.45) is 0.389. The van der Waals surface area contributed by atoms with E-state index in [9.17, 15) is 5.11 Å². The zero-order valence-corrected chi connectivity index (χ0v) is 7.35. The van der Waals surface area contributed by atoms with Crippen LogP contribution in [0, 0.1) is 0 Å². The molecule has 2 heteroatoms. The predicted octanol–water partition coefficient (Wildman–Crippen LogP) is 1.57. The normalized spacial score (nSPS) is 15.3. The van der Waals surface area contributed by atoms with Crippen molar-refractivity contribution in [1.82, 2.24) is 0 Å². The summed E-state index contributed by atoms with van der Waals surface area (Å²) in [6, 6.07) is 0. The van der Waals surface area contributed by atoms with Gasteiger partial charge in [-0.2, -0.15) is 0 Å². The average Bonchev–Trinajstić information content (AvgIpc) is 1.86. The second kappa shape index (κ2) is 3.94. The molecule has 0 saturated heterocycles. The molecule has 0 aromatic heterocycles. The van der Waals surface area contributed by atoms with Crippen molar-refractivity contribution in [3.05, 3.63) is 0 Å². The van der Waals surface area contributed by atoms with E-state index in [1.54, 1.807) is 0 Å². The van der Waals surface area contributed by atoms with Crippen LogP contribution < -0.4 is 0 Å². The summed E-state index contributed by atoms with van der Waals surface area (Å²) in [5.41, 5.74) is -0.385. The topological polar surface area (TPSA) is 29.5 Å². The van der Waals surface area contributed by atoms with Crippen molar-refractivity contribution < 1.29 is 9.84 Å². The van der Waals surface area contributed by atoms with Gasteiger partial charge >= 0.3 is 0 Å². The molecule has 0 aliphatic rings. The molecule has 1 atom stereocenters. The van der Waals surface area contributed by atoms with Crippen molar-refractivity contribution in [2.45, 2.75) is 45.8 Å². The lowest BCUT2D eigenvalue weighted by Gasteiger charge is -2.29.